The zero-order valence-corrected chi connectivity index (χ0v) is 13.7. The van der Waals surface area contributed by atoms with Gasteiger partial charge < -0.3 is 5.32 Å². The van der Waals surface area contributed by atoms with Crippen molar-refractivity contribution in [1.29, 1.82) is 0 Å². The molecule has 2 aromatic heterocycles. The summed E-state index contributed by atoms with van der Waals surface area (Å²) in [5.74, 6) is 1.78. The number of halogens is 2. The number of aryl methyl sites for hydroxylation is 1. The fourth-order valence-electron chi connectivity index (χ4n) is 3.38. The van der Waals surface area contributed by atoms with E-state index in [-0.39, 0.29) is 30.4 Å². The molecule has 1 saturated heterocycles. The molecule has 0 bridgehead atoms. The van der Waals surface area contributed by atoms with Gasteiger partial charge in [-0.3, -0.25) is 4.90 Å². The molecule has 2 aliphatic heterocycles. The zero-order chi connectivity index (χ0) is 13.4. The Morgan fingerprint density at radius 2 is 1.77 bits per heavy atom. The van der Waals surface area contributed by atoms with Crippen LogP contribution in [0.3, 0.4) is 0 Å². The highest BCUT2D eigenvalue weighted by Crippen LogP contribution is 2.42. The minimum Gasteiger partial charge on any atom is -0.314 e. The van der Waals surface area contributed by atoms with Crippen LogP contribution < -0.4 is 10.2 Å². The Morgan fingerprint density at radius 3 is 2.50 bits per heavy atom. The second kappa shape index (κ2) is 6.77. The molecule has 1 unspecified atom stereocenters. The molecule has 0 amide bonds. The highest BCUT2D eigenvalue weighted by atomic mass is 35.5. The molecule has 22 heavy (non-hydrogen) atoms. The lowest BCUT2D eigenvalue weighted by Crippen LogP contribution is -2.51. The molecule has 1 N–H and O–H groups in total. The van der Waals surface area contributed by atoms with Crippen LogP contribution in [0, 0.1) is 0 Å². The van der Waals surface area contributed by atoms with E-state index in [0.29, 0.717) is 0 Å². The predicted molar refractivity (Wildman–Crippen MR) is 91.4 cm³/mol. The molecule has 118 valence electrons. The summed E-state index contributed by atoms with van der Waals surface area (Å²) >= 11 is 0. The van der Waals surface area contributed by atoms with E-state index in [9.17, 15) is 0 Å². The summed E-state index contributed by atoms with van der Waals surface area (Å²) < 4.78 is 0. The summed E-state index contributed by atoms with van der Waals surface area (Å²) in [6, 6.07) is 6.02. The van der Waals surface area contributed by atoms with Gasteiger partial charge in [0, 0.05) is 25.1 Å². The minimum absolute atomic E-state index is 0. The van der Waals surface area contributed by atoms with Crippen molar-refractivity contribution in [2.24, 2.45) is 0 Å². The SMILES string of the molecule is Cl.Cl.c1cnc(N2c3ncccc3CCC23CCNC3)nc1. The van der Waals surface area contributed by atoms with Crippen LogP contribution >= 0.6 is 24.8 Å². The molecular weight excluding hydrogens is 321 g/mol. The van der Waals surface area contributed by atoms with Crippen molar-refractivity contribution >= 4 is 36.6 Å². The van der Waals surface area contributed by atoms with Gasteiger partial charge in [0.1, 0.15) is 5.82 Å². The molecule has 0 saturated carbocycles. The number of rotatable bonds is 1. The van der Waals surface area contributed by atoms with E-state index < -0.39 is 0 Å². The van der Waals surface area contributed by atoms with Gasteiger partial charge in [0.05, 0.1) is 5.54 Å². The third-order valence-electron chi connectivity index (χ3n) is 4.39. The van der Waals surface area contributed by atoms with Crippen molar-refractivity contribution in [3.05, 3.63) is 42.4 Å². The summed E-state index contributed by atoms with van der Waals surface area (Å²) in [5.41, 5.74) is 1.36. The van der Waals surface area contributed by atoms with Gasteiger partial charge >= 0.3 is 0 Å². The maximum atomic E-state index is 4.61. The summed E-state index contributed by atoms with van der Waals surface area (Å²) in [7, 11) is 0. The summed E-state index contributed by atoms with van der Waals surface area (Å²) in [6.07, 6.45) is 8.77. The van der Waals surface area contributed by atoms with E-state index in [0.717, 1.165) is 44.1 Å². The van der Waals surface area contributed by atoms with E-state index in [1.165, 1.54) is 5.56 Å². The lowest BCUT2D eigenvalue weighted by molar-refractivity contribution is 0.398. The lowest BCUT2D eigenvalue weighted by atomic mass is 9.84. The van der Waals surface area contributed by atoms with Crippen LogP contribution in [0.15, 0.2) is 36.8 Å². The van der Waals surface area contributed by atoms with Crippen molar-refractivity contribution in [3.8, 4) is 0 Å². The van der Waals surface area contributed by atoms with E-state index in [1.807, 2.05) is 18.3 Å². The molecule has 0 aromatic carbocycles. The molecule has 0 radical (unpaired) electrons. The first-order valence-corrected chi connectivity index (χ1v) is 7.11. The van der Waals surface area contributed by atoms with Gasteiger partial charge in [-0.2, -0.15) is 0 Å². The second-order valence-corrected chi connectivity index (χ2v) is 5.52. The van der Waals surface area contributed by atoms with E-state index in [2.05, 4.69) is 31.2 Å². The van der Waals surface area contributed by atoms with Gasteiger partial charge in [-0.1, -0.05) is 6.07 Å². The summed E-state index contributed by atoms with van der Waals surface area (Å²) in [4.78, 5) is 15.8. The van der Waals surface area contributed by atoms with Crippen LogP contribution in [-0.2, 0) is 6.42 Å². The molecule has 4 heterocycles. The fraction of sp³-hybridized carbons (Fsp3) is 0.400. The average molecular weight is 340 g/mol. The van der Waals surface area contributed by atoms with Crippen molar-refractivity contribution in [2.75, 3.05) is 18.0 Å². The van der Waals surface area contributed by atoms with E-state index in [1.54, 1.807) is 12.4 Å². The summed E-state index contributed by atoms with van der Waals surface area (Å²) in [6.45, 7) is 2.02. The van der Waals surface area contributed by atoms with Crippen LogP contribution in [0.5, 0.6) is 0 Å². The molecule has 4 rings (SSSR count). The Balaban J connectivity index is 0.000000882. The molecule has 2 aromatic rings. The molecule has 5 nitrogen and oxygen atoms in total. The van der Waals surface area contributed by atoms with Gasteiger partial charge in [-0.05, 0) is 43.5 Å². The Bertz CT molecular complexity index is 616. The molecule has 1 fully saturated rings. The average Bonchev–Trinajstić information content (AvgIpc) is 2.97. The highest BCUT2D eigenvalue weighted by molar-refractivity contribution is 5.85. The Morgan fingerprint density at radius 1 is 1.00 bits per heavy atom. The number of nitrogens with one attached hydrogen (secondary N) is 1. The smallest absolute Gasteiger partial charge is 0.231 e. The monoisotopic (exact) mass is 339 g/mol. The number of hydrogen-bond acceptors (Lipinski definition) is 5. The first-order valence-electron chi connectivity index (χ1n) is 7.11. The van der Waals surface area contributed by atoms with Crippen molar-refractivity contribution in [1.82, 2.24) is 20.3 Å². The van der Waals surface area contributed by atoms with Gasteiger partial charge in [-0.15, -0.1) is 24.8 Å². The van der Waals surface area contributed by atoms with Crippen molar-refractivity contribution in [3.63, 3.8) is 0 Å². The normalized spacial score (nSPS) is 22.6. The first kappa shape index (κ1) is 16.9. The van der Waals surface area contributed by atoms with Gasteiger partial charge in [0.15, 0.2) is 0 Å². The third-order valence-corrected chi connectivity index (χ3v) is 4.39. The number of fused-ring (bicyclic) bond motifs is 1. The maximum absolute atomic E-state index is 4.61. The molecule has 1 atom stereocenters. The van der Waals surface area contributed by atoms with Crippen molar-refractivity contribution in [2.45, 2.75) is 24.8 Å². The number of aromatic nitrogens is 3. The van der Waals surface area contributed by atoms with Gasteiger partial charge in [0.2, 0.25) is 5.95 Å². The van der Waals surface area contributed by atoms with E-state index in [4.69, 9.17) is 0 Å². The number of nitrogens with zero attached hydrogens (tertiary/aromatic N) is 4. The molecule has 7 heteroatoms. The lowest BCUT2D eigenvalue weighted by Gasteiger charge is -2.44. The Labute approximate surface area is 142 Å². The molecule has 0 aliphatic carbocycles. The zero-order valence-electron chi connectivity index (χ0n) is 12.1. The van der Waals surface area contributed by atoms with Crippen LogP contribution in [-0.4, -0.2) is 33.6 Å². The standard InChI is InChI=1S/C15H17N5.2ClH/c1-3-12-4-5-15(6-10-16-11-15)20(13(12)17-7-1)14-18-8-2-9-19-14;;/h1-3,7-9,16H,4-6,10-11H2;2*1H. The number of hydrogen-bond donors (Lipinski definition) is 1. The van der Waals surface area contributed by atoms with Crippen molar-refractivity contribution < 1.29 is 0 Å². The summed E-state index contributed by atoms with van der Waals surface area (Å²) in [5, 5.41) is 3.49. The first-order chi connectivity index (χ1) is 9.89. The Hall–Kier alpha value is -1.43. The predicted octanol–water partition coefficient (Wildman–Crippen LogP) is 2.53. The van der Waals surface area contributed by atoms with Gasteiger partial charge in [0.25, 0.3) is 0 Å². The van der Waals surface area contributed by atoms with Gasteiger partial charge in [-0.25, -0.2) is 15.0 Å². The molecular formula is C15H19Cl2N5. The third kappa shape index (κ3) is 2.64. The van der Waals surface area contributed by atoms with Crippen LogP contribution in [0.1, 0.15) is 18.4 Å². The topological polar surface area (TPSA) is 53.9 Å². The maximum Gasteiger partial charge on any atom is 0.231 e. The highest BCUT2D eigenvalue weighted by Gasteiger charge is 2.45. The molecule has 1 spiro atoms. The second-order valence-electron chi connectivity index (χ2n) is 5.52. The van der Waals surface area contributed by atoms with E-state index >= 15 is 0 Å². The van der Waals surface area contributed by atoms with Crippen LogP contribution in [0.25, 0.3) is 0 Å². The quantitative estimate of drug-likeness (QED) is 0.865. The van der Waals surface area contributed by atoms with Crippen LogP contribution in [0.4, 0.5) is 11.8 Å². The largest absolute Gasteiger partial charge is 0.314 e. The Kier molecular flexibility index (Phi) is 5.21. The minimum atomic E-state index is 0. The number of pyridine rings is 1. The number of anilines is 2. The fourth-order valence-corrected chi connectivity index (χ4v) is 3.38. The van der Waals surface area contributed by atoms with Crippen LogP contribution in [0.2, 0.25) is 0 Å². The molecule has 2 aliphatic rings.